The first-order valence-electron chi connectivity index (χ1n) is 7.57. The summed E-state index contributed by atoms with van der Waals surface area (Å²) in [6.45, 7) is 7.71. The lowest BCUT2D eigenvalue weighted by Gasteiger charge is -2.31. The van der Waals surface area contributed by atoms with Gasteiger partial charge in [0.05, 0.1) is 5.41 Å². The third-order valence-electron chi connectivity index (χ3n) is 4.93. The lowest BCUT2D eigenvalue weighted by Crippen LogP contribution is -2.41. The van der Waals surface area contributed by atoms with Crippen LogP contribution in [0.1, 0.15) is 32.8 Å². The summed E-state index contributed by atoms with van der Waals surface area (Å²) in [4.78, 5) is 14.0. The Balaban J connectivity index is 2.03. The molecule has 3 nitrogen and oxygen atoms in total. The highest BCUT2D eigenvalue weighted by Crippen LogP contribution is 2.39. The molecule has 4 heteroatoms. The molecule has 21 heavy (non-hydrogen) atoms. The van der Waals surface area contributed by atoms with E-state index in [1.165, 1.54) is 5.56 Å². The fraction of sp³-hybridized carbons (Fsp3) is 0.588. The number of carboxylic acid groups (broad SMARTS) is 1. The van der Waals surface area contributed by atoms with Crippen molar-refractivity contribution in [2.75, 3.05) is 13.1 Å². The van der Waals surface area contributed by atoms with E-state index in [2.05, 4.69) is 11.8 Å². The molecule has 1 aromatic carbocycles. The predicted octanol–water partition coefficient (Wildman–Crippen LogP) is 3.70. The van der Waals surface area contributed by atoms with Crippen molar-refractivity contribution in [1.82, 2.24) is 4.90 Å². The molecule has 116 valence electrons. The Bertz CT molecular complexity index is 500. The monoisotopic (exact) mass is 309 g/mol. The molecule has 0 radical (unpaired) electrons. The van der Waals surface area contributed by atoms with Crippen molar-refractivity contribution < 1.29 is 9.90 Å². The predicted molar refractivity (Wildman–Crippen MR) is 85.7 cm³/mol. The highest BCUT2D eigenvalue weighted by atomic mass is 35.5. The molecule has 1 aliphatic heterocycles. The maximum Gasteiger partial charge on any atom is 0.311 e. The third kappa shape index (κ3) is 3.41. The number of aliphatic carboxylic acids is 1. The molecule has 1 heterocycles. The van der Waals surface area contributed by atoms with E-state index in [4.69, 9.17) is 11.6 Å². The Morgan fingerprint density at radius 1 is 1.33 bits per heavy atom. The number of nitrogens with zero attached hydrogens (tertiary/aromatic N) is 1. The van der Waals surface area contributed by atoms with Crippen molar-refractivity contribution in [3.63, 3.8) is 0 Å². The van der Waals surface area contributed by atoms with E-state index < -0.39 is 11.4 Å². The van der Waals surface area contributed by atoms with Gasteiger partial charge in [0.1, 0.15) is 0 Å². The average molecular weight is 310 g/mol. The lowest BCUT2D eigenvalue weighted by atomic mass is 9.76. The SMILES string of the molecule is CC(Cc1ccc(Cl)cc1)N1CCC(C(=O)O)(C(C)C)C1. The zero-order chi connectivity index (χ0) is 15.6. The second kappa shape index (κ2) is 6.37. The summed E-state index contributed by atoms with van der Waals surface area (Å²) in [5.41, 5.74) is 0.651. The molecule has 1 saturated heterocycles. The highest BCUT2D eigenvalue weighted by molar-refractivity contribution is 6.30. The van der Waals surface area contributed by atoms with Gasteiger partial charge in [-0.15, -0.1) is 0 Å². The Morgan fingerprint density at radius 2 is 1.95 bits per heavy atom. The lowest BCUT2D eigenvalue weighted by molar-refractivity contribution is -0.151. The summed E-state index contributed by atoms with van der Waals surface area (Å²) >= 11 is 5.91. The second-order valence-electron chi connectivity index (χ2n) is 6.52. The molecule has 2 atom stereocenters. The zero-order valence-corrected chi connectivity index (χ0v) is 13.7. The van der Waals surface area contributed by atoms with Gasteiger partial charge in [-0.25, -0.2) is 0 Å². The van der Waals surface area contributed by atoms with Gasteiger partial charge < -0.3 is 5.11 Å². The van der Waals surface area contributed by atoms with Gasteiger partial charge in [0.2, 0.25) is 0 Å². The first-order chi connectivity index (χ1) is 9.85. The van der Waals surface area contributed by atoms with Gasteiger partial charge in [0, 0.05) is 17.6 Å². The number of hydrogen-bond acceptors (Lipinski definition) is 2. The summed E-state index contributed by atoms with van der Waals surface area (Å²) in [7, 11) is 0. The van der Waals surface area contributed by atoms with Crippen molar-refractivity contribution >= 4 is 17.6 Å². The van der Waals surface area contributed by atoms with Crippen LogP contribution in [0.2, 0.25) is 5.02 Å². The molecule has 0 bridgehead atoms. The van der Waals surface area contributed by atoms with E-state index in [0.717, 1.165) is 24.4 Å². The number of carbonyl (C=O) groups is 1. The van der Waals surface area contributed by atoms with E-state index in [1.54, 1.807) is 0 Å². The van der Waals surface area contributed by atoms with Crippen LogP contribution >= 0.6 is 11.6 Å². The van der Waals surface area contributed by atoms with Gasteiger partial charge in [-0.05, 0) is 49.9 Å². The molecule has 0 spiro atoms. The summed E-state index contributed by atoms with van der Waals surface area (Å²) in [6.07, 6.45) is 1.66. The minimum absolute atomic E-state index is 0.155. The van der Waals surface area contributed by atoms with E-state index >= 15 is 0 Å². The number of rotatable bonds is 5. The van der Waals surface area contributed by atoms with E-state index in [0.29, 0.717) is 12.6 Å². The molecule has 0 aliphatic carbocycles. The van der Waals surface area contributed by atoms with Crippen LogP contribution < -0.4 is 0 Å². The summed E-state index contributed by atoms with van der Waals surface area (Å²) in [5, 5.41) is 10.4. The third-order valence-corrected chi connectivity index (χ3v) is 5.18. The highest BCUT2D eigenvalue weighted by Gasteiger charge is 2.47. The Kier molecular flexibility index (Phi) is 4.95. The minimum atomic E-state index is -0.654. The van der Waals surface area contributed by atoms with Gasteiger partial charge in [-0.2, -0.15) is 0 Å². The van der Waals surface area contributed by atoms with Gasteiger partial charge in [0.25, 0.3) is 0 Å². The number of hydrogen-bond donors (Lipinski definition) is 1. The van der Waals surface area contributed by atoms with Gasteiger partial charge >= 0.3 is 5.97 Å². The first-order valence-corrected chi connectivity index (χ1v) is 7.95. The summed E-state index contributed by atoms with van der Waals surface area (Å²) in [5.74, 6) is -0.499. The fourth-order valence-electron chi connectivity index (χ4n) is 3.22. The molecular weight excluding hydrogens is 286 g/mol. The van der Waals surface area contributed by atoms with Crippen LogP contribution in [0.3, 0.4) is 0 Å². The summed E-state index contributed by atoms with van der Waals surface area (Å²) in [6, 6.07) is 8.24. The van der Waals surface area contributed by atoms with Crippen LogP contribution in [0, 0.1) is 11.3 Å². The van der Waals surface area contributed by atoms with Crippen molar-refractivity contribution in [3.8, 4) is 0 Å². The van der Waals surface area contributed by atoms with Crippen molar-refractivity contribution in [1.29, 1.82) is 0 Å². The molecular formula is C17H24ClNO2. The maximum absolute atomic E-state index is 11.7. The summed E-state index contributed by atoms with van der Waals surface area (Å²) < 4.78 is 0. The minimum Gasteiger partial charge on any atom is -0.481 e. The fourth-order valence-corrected chi connectivity index (χ4v) is 3.35. The molecule has 0 aromatic heterocycles. The molecule has 1 N–H and O–H groups in total. The molecule has 2 unspecified atom stereocenters. The van der Waals surface area contributed by atoms with Crippen LogP contribution in [-0.2, 0) is 11.2 Å². The van der Waals surface area contributed by atoms with Gasteiger partial charge in [0.15, 0.2) is 0 Å². The smallest absolute Gasteiger partial charge is 0.311 e. The van der Waals surface area contributed by atoms with Crippen molar-refractivity contribution in [2.45, 2.75) is 39.7 Å². The van der Waals surface area contributed by atoms with Gasteiger partial charge in [-0.1, -0.05) is 37.6 Å². The van der Waals surface area contributed by atoms with Crippen LogP contribution in [0.25, 0.3) is 0 Å². The standard InChI is InChI=1S/C17H24ClNO2/c1-12(2)17(16(20)21)8-9-19(11-17)13(3)10-14-4-6-15(18)7-5-14/h4-7,12-13H,8-11H2,1-3H3,(H,20,21). The largest absolute Gasteiger partial charge is 0.481 e. The van der Waals surface area contributed by atoms with Crippen LogP contribution in [0.5, 0.6) is 0 Å². The molecule has 1 fully saturated rings. The Hall–Kier alpha value is -1.06. The molecule has 1 aromatic rings. The molecule has 0 saturated carbocycles. The Morgan fingerprint density at radius 3 is 2.43 bits per heavy atom. The van der Waals surface area contributed by atoms with Crippen LogP contribution in [0.15, 0.2) is 24.3 Å². The van der Waals surface area contributed by atoms with Crippen molar-refractivity contribution in [2.24, 2.45) is 11.3 Å². The second-order valence-corrected chi connectivity index (χ2v) is 6.95. The van der Waals surface area contributed by atoms with Crippen LogP contribution in [0.4, 0.5) is 0 Å². The average Bonchev–Trinajstić information content (AvgIpc) is 2.88. The van der Waals surface area contributed by atoms with Crippen LogP contribution in [-0.4, -0.2) is 35.1 Å². The topological polar surface area (TPSA) is 40.5 Å². The maximum atomic E-state index is 11.7. The number of carboxylic acids is 1. The zero-order valence-electron chi connectivity index (χ0n) is 13.0. The normalized spacial score (nSPS) is 24.4. The molecule has 1 aliphatic rings. The molecule has 2 rings (SSSR count). The van der Waals surface area contributed by atoms with Gasteiger partial charge in [-0.3, -0.25) is 9.69 Å². The molecule has 0 amide bonds. The number of likely N-dealkylation sites (tertiary alicyclic amines) is 1. The van der Waals surface area contributed by atoms with E-state index in [1.807, 2.05) is 38.1 Å². The first kappa shape index (κ1) is 16.3. The van der Waals surface area contributed by atoms with E-state index in [-0.39, 0.29) is 5.92 Å². The Labute approximate surface area is 131 Å². The van der Waals surface area contributed by atoms with E-state index in [9.17, 15) is 9.90 Å². The van der Waals surface area contributed by atoms with Crippen molar-refractivity contribution in [3.05, 3.63) is 34.9 Å². The number of benzene rings is 1. The quantitative estimate of drug-likeness (QED) is 0.901. The number of halogens is 1.